The first-order valence-electron chi connectivity index (χ1n) is 8.26. The first-order valence-corrected chi connectivity index (χ1v) is 8.26. The Bertz CT molecular complexity index is 735. The summed E-state index contributed by atoms with van der Waals surface area (Å²) in [6.07, 6.45) is 0. The van der Waals surface area contributed by atoms with Crippen molar-refractivity contribution in [3.63, 3.8) is 0 Å². The summed E-state index contributed by atoms with van der Waals surface area (Å²) in [5, 5.41) is 0. The number of aromatic nitrogens is 2. The zero-order valence-electron chi connectivity index (χ0n) is 14.6. The molecule has 9 heteroatoms. The molecule has 0 bridgehead atoms. The van der Waals surface area contributed by atoms with Crippen LogP contribution < -0.4 is 5.73 Å². The predicted molar refractivity (Wildman–Crippen MR) is 89.6 cm³/mol. The number of fused-ring (bicyclic) bond motifs is 1. The summed E-state index contributed by atoms with van der Waals surface area (Å²) in [5.74, 6) is -0.379. The second kappa shape index (κ2) is 6.30. The van der Waals surface area contributed by atoms with Gasteiger partial charge in [0.25, 0.3) is 5.91 Å². The molecule has 0 aromatic carbocycles. The minimum Gasteiger partial charge on any atom is -0.368 e. The fourth-order valence-electron chi connectivity index (χ4n) is 3.16. The van der Waals surface area contributed by atoms with Gasteiger partial charge in [0.2, 0.25) is 17.8 Å². The third-order valence-electron chi connectivity index (χ3n) is 4.60. The molecule has 1 aromatic heterocycles. The van der Waals surface area contributed by atoms with Crippen LogP contribution in [0.4, 0.5) is 5.95 Å². The summed E-state index contributed by atoms with van der Waals surface area (Å²) >= 11 is 0. The maximum atomic E-state index is 12.8. The highest BCUT2D eigenvalue weighted by atomic mass is 16.2. The van der Waals surface area contributed by atoms with Gasteiger partial charge in [0.15, 0.2) is 0 Å². The SMILES string of the molecule is CC(C)c1cc(C(=O)N2CCN3C(=O)CN(C)C(=O)C3C2)nc(N)n1. The number of rotatable bonds is 2. The minimum absolute atomic E-state index is 0.0526. The summed E-state index contributed by atoms with van der Waals surface area (Å²) in [5.41, 5.74) is 6.63. The zero-order chi connectivity index (χ0) is 18.3. The normalized spacial score (nSPS) is 21.0. The largest absolute Gasteiger partial charge is 0.368 e. The molecule has 3 heterocycles. The standard InChI is InChI=1S/C16H22N6O3/c1-9(2)10-6-11(19-16(17)18-10)14(24)21-4-5-22-12(7-21)15(25)20(3)8-13(22)23/h6,9,12H,4-5,7-8H2,1-3H3,(H2,17,18,19). The highest BCUT2D eigenvalue weighted by Crippen LogP contribution is 2.20. The molecule has 3 amide bonds. The van der Waals surface area contributed by atoms with E-state index < -0.39 is 6.04 Å². The van der Waals surface area contributed by atoms with Crippen molar-refractivity contribution >= 4 is 23.7 Å². The minimum atomic E-state index is -0.632. The number of nitrogens with two attached hydrogens (primary N) is 1. The fourth-order valence-corrected chi connectivity index (χ4v) is 3.16. The van der Waals surface area contributed by atoms with Gasteiger partial charge in [-0.15, -0.1) is 0 Å². The van der Waals surface area contributed by atoms with Crippen LogP contribution in [0.3, 0.4) is 0 Å². The molecule has 2 aliphatic rings. The van der Waals surface area contributed by atoms with Crippen molar-refractivity contribution in [2.24, 2.45) is 0 Å². The van der Waals surface area contributed by atoms with E-state index in [-0.39, 0.29) is 48.4 Å². The number of piperazine rings is 2. The highest BCUT2D eigenvalue weighted by molar-refractivity contribution is 5.97. The number of amides is 3. The Hall–Kier alpha value is -2.71. The number of carbonyl (C=O) groups excluding carboxylic acids is 3. The van der Waals surface area contributed by atoms with Crippen LogP contribution in [0.5, 0.6) is 0 Å². The van der Waals surface area contributed by atoms with Crippen LogP contribution in [0.2, 0.25) is 0 Å². The van der Waals surface area contributed by atoms with E-state index in [1.807, 2.05) is 13.8 Å². The van der Waals surface area contributed by atoms with Crippen molar-refractivity contribution in [1.82, 2.24) is 24.7 Å². The molecule has 0 aliphatic carbocycles. The molecule has 1 atom stereocenters. The van der Waals surface area contributed by atoms with Crippen molar-refractivity contribution in [2.45, 2.75) is 25.8 Å². The van der Waals surface area contributed by atoms with Gasteiger partial charge in [0.05, 0.1) is 13.1 Å². The molecular formula is C16H22N6O3. The molecule has 9 nitrogen and oxygen atoms in total. The Labute approximate surface area is 145 Å². The Morgan fingerprint density at radius 2 is 2.00 bits per heavy atom. The molecule has 2 aliphatic heterocycles. The number of nitrogens with zero attached hydrogens (tertiary/aromatic N) is 5. The topological polar surface area (TPSA) is 113 Å². The molecule has 0 spiro atoms. The van der Waals surface area contributed by atoms with Gasteiger partial charge in [-0.3, -0.25) is 14.4 Å². The van der Waals surface area contributed by atoms with Crippen molar-refractivity contribution in [3.8, 4) is 0 Å². The lowest BCUT2D eigenvalue weighted by Gasteiger charge is -2.45. The molecular weight excluding hydrogens is 324 g/mol. The van der Waals surface area contributed by atoms with Gasteiger partial charge in [-0.05, 0) is 12.0 Å². The smallest absolute Gasteiger partial charge is 0.272 e. The van der Waals surface area contributed by atoms with E-state index in [9.17, 15) is 14.4 Å². The lowest BCUT2D eigenvalue weighted by atomic mass is 10.1. The maximum absolute atomic E-state index is 12.8. The van der Waals surface area contributed by atoms with E-state index in [1.165, 1.54) is 4.90 Å². The van der Waals surface area contributed by atoms with Gasteiger partial charge in [-0.1, -0.05) is 13.8 Å². The maximum Gasteiger partial charge on any atom is 0.272 e. The van der Waals surface area contributed by atoms with E-state index in [0.717, 1.165) is 0 Å². The van der Waals surface area contributed by atoms with Crippen LogP contribution in [-0.2, 0) is 9.59 Å². The number of hydrogen-bond donors (Lipinski definition) is 1. The Balaban J connectivity index is 1.82. The Kier molecular flexibility index (Phi) is 4.32. The van der Waals surface area contributed by atoms with Crippen molar-refractivity contribution in [3.05, 3.63) is 17.5 Å². The van der Waals surface area contributed by atoms with E-state index in [1.54, 1.807) is 22.9 Å². The Morgan fingerprint density at radius 3 is 2.68 bits per heavy atom. The van der Waals surface area contributed by atoms with Gasteiger partial charge in [0.1, 0.15) is 11.7 Å². The highest BCUT2D eigenvalue weighted by Gasteiger charge is 2.42. The summed E-state index contributed by atoms with van der Waals surface area (Å²) < 4.78 is 0. The summed E-state index contributed by atoms with van der Waals surface area (Å²) in [7, 11) is 1.60. The molecule has 134 valence electrons. The number of hydrogen-bond acceptors (Lipinski definition) is 6. The van der Waals surface area contributed by atoms with Crippen LogP contribution in [-0.4, -0.2) is 81.7 Å². The number of carbonyl (C=O) groups is 3. The Morgan fingerprint density at radius 1 is 1.28 bits per heavy atom. The second-order valence-corrected chi connectivity index (χ2v) is 6.74. The van der Waals surface area contributed by atoms with Gasteiger partial charge in [-0.25, -0.2) is 9.97 Å². The summed E-state index contributed by atoms with van der Waals surface area (Å²) in [6, 6.07) is 1.00. The van der Waals surface area contributed by atoms with E-state index in [2.05, 4.69) is 9.97 Å². The van der Waals surface area contributed by atoms with Crippen LogP contribution in [0, 0.1) is 0 Å². The van der Waals surface area contributed by atoms with Crippen molar-refractivity contribution in [1.29, 1.82) is 0 Å². The third kappa shape index (κ3) is 3.13. The van der Waals surface area contributed by atoms with Gasteiger partial charge in [-0.2, -0.15) is 0 Å². The summed E-state index contributed by atoms with van der Waals surface area (Å²) in [6.45, 7) is 4.86. The number of nitrogen functional groups attached to an aromatic ring is 1. The van der Waals surface area contributed by atoms with Crippen LogP contribution >= 0.6 is 0 Å². The van der Waals surface area contributed by atoms with Crippen LogP contribution in [0.25, 0.3) is 0 Å². The lowest BCUT2D eigenvalue weighted by molar-refractivity contribution is -0.157. The fraction of sp³-hybridized carbons (Fsp3) is 0.562. The van der Waals surface area contributed by atoms with Gasteiger partial charge in [0, 0.05) is 25.8 Å². The first-order chi connectivity index (χ1) is 11.8. The number of anilines is 1. The van der Waals surface area contributed by atoms with E-state index in [4.69, 9.17) is 5.73 Å². The quantitative estimate of drug-likeness (QED) is 0.758. The third-order valence-corrected chi connectivity index (χ3v) is 4.60. The molecule has 2 fully saturated rings. The summed E-state index contributed by atoms with van der Waals surface area (Å²) in [4.78, 5) is 50.0. The first kappa shape index (κ1) is 17.1. The molecule has 2 N–H and O–H groups in total. The average molecular weight is 346 g/mol. The van der Waals surface area contributed by atoms with Crippen LogP contribution in [0.1, 0.15) is 35.9 Å². The second-order valence-electron chi connectivity index (χ2n) is 6.74. The number of likely N-dealkylation sites (N-methyl/N-ethyl adjacent to an activating group) is 1. The van der Waals surface area contributed by atoms with Crippen LogP contribution in [0.15, 0.2) is 6.07 Å². The van der Waals surface area contributed by atoms with Gasteiger partial charge >= 0.3 is 0 Å². The van der Waals surface area contributed by atoms with Crippen molar-refractivity contribution < 1.29 is 14.4 Å². The molecule has 25 heavy (non-hydrogen) atoms. The monoisotopic (exact) mass is 346 g/mol. The zero-order valence-corrected chi connectivity index (χ0v) is 14.6. The molecule has 2 saturated heterocycles. The lowest BCUT2D eigenvalue weighted by Crippen LogP contribution is -2.66. The average Bonchev–Trinajstić information content (AvgIpc) is 2.58. The molecule has 3 rings (SSSR count). The molecule has 0 radical (unpaired) electrons. The molecule has 1 unspecified atom stereocenters. The molecule has 0 saturated carbocycles. The van der Waals surface area contributed by atoms with E-state index in [0.29, 0.717) is 18.8 Å². The van der Waals surface area contributed by atoms with Crippen molar-refractivity contribution in [2.75, 3.05) is 39.0 Å². The van der Waals surface area contributed by atoms with Gasteiger partial charge < -0.3 is 20.4 Å². The molecule has 1 aromatic rings. The predicted octanol–water partition coefficient (Wildman–Crippen LogP) is -0.693. The van der Waals surface area contributed by atoms with E-state index >= 15 is 0 Å².